The zero-order chi connectivity index (χ0) is 59.7. The Balaban J connectivity index is 0.000000261. The van der Waals surface area contributed by atoms with Crippen LogP contribution >= 0.6 is 0 Å². The Labute approximate surface area is 447 Å². The Bertz CT molecular complexity index is 3040. The molecule has 0 spiro atoms. The Morgan fingerprint density at radius 1 is 0.613 bits per heavy atom. The number of likely N-dealkylation sites (tertiary alicyclic amines) is 1. The highest BCUT2D eigenvalue weighted by molar-refractivity contribution is 5.94. The molecule has 4 amide bonds. The zero-order valence-corrected chi connectivity index (χ0v) is 43.6. The number of benzene rings is 2. The lowest BCUT2D eigenvalue weighted by Crippen LogP contribution is -2.46. The molecule has 5 heterocycles. The maximum atomic E-state index is 14.4. The summed E-state index contributed by atoms with van der Waals surface area (Å²) in [5, 5.41) is 21.5. The maximum Gasteiger partial charge on any atom is 0.449 e. The molecule has 0 radical (unpaired) electrons. The van der Waals surface area contributed by atoms with Crippen molar-refractivity contribution in [3.63, 3.8) is 0 Å². The number of carbonyl (C=O) groups is 6. The van der Waals surface area contributed by atoms with Crippen molar-refractivity contribution in [2.75, 3.05) is 26.2 Å². The molecule has 4 aromatic rings. The number of carboxylic acids is 1. The van der Waals surface area contributed by atoms with E-state index in [1.54, 1.807) is 41.5 Å². The molecule has 18 nitrogen and oxygen atoms in total. The summed E-state index contributed by atoms with van der Waals surface area (Å²) >= 11 is 0. The van der Waals surface area contributed by atoms with Crippen LogP contribution in [-0.2, 0) is 75.2 Å². The first-order chi connectivity index (χ1) is 36.9. The predicted octanol–water partition coefficient (Wildman–Crippen LogP) is 7.34. The third-order valence-corrected chi connectivity index (χ3v) is 12.5. The number of hydrogen-bond donors (Lipinski definition) is 3. The van der Waals surface area contributed by atoms with E-state index in [9.17, 15) is 91.7 Å². The molecular formula is C50H54F12N8O10. The van der Waals surface area contributed by atoms with Gasteiger partial charge in [-0.25, -0.2) is 45.9 Å². The van der Waals surface area contributed by atoms with E-state index in [2.05, 4.69) is 15.3 Å². The van der Waals surface area contributed by atoms with Gasteiger partial charge in [0.05, 0.1) is 36.5 Å². The van der Waals surface area contributed by atoms with E-state index in [-0.39, 0.29) is 61.7 Å². The highest BCUT2D eigenvalue weighted by Gasteiger charge is 2.45. The fourth-order valence-corrected chi connectivity index (χ4v) is 8.94. The van der Waals surface area contributed by atoms with Gasteiger partial charge < -0.3 is 48.8 Å². The van der Waals surface area contributed by atoms with E-state index in [0.717, 1.165) is 14.4 Å². The molecular weight excluding hydrogens is 1100 g/mol. The highest BCUT2D eigenvalue weighted by atomic mass is 19.4. The smallest absolute Gasteiger partial charge is 0.449 e. The summed E-state index contributed by atoms with van der Waals surface area (Å²) in [6.45, 7) is 7.21. The number of carboxylic acid groups (broad SMARTS) is 1. The minimum atomic E-state index is -4.93. The van der Waals surface area contributed by atoms with Crippen molar-refractivity contribution < 1.29 is 101 Å². The van der Waals surface area contributed by atoms with Crippen LogP contribution in [-0.4, -0.2) is 129 Å². The average Bonchev–Trinajstić information content (AvgIpc) is 4.07. The first-order valence-electron chi connectivity index (χ1n) is 24.5. The maximum absolute atomic E-state index is 14.4. The largest absolute Gasteiger partial charge is 0.476 e. The van der Waals surface area contributed by atoms with Crippen LogP contribution in [0.3, 0.4) is 0 Å². The molecule has 0 saturated carbocycles. The number of halogens is 12. The van der Waals surface area contributed by atoms with E-state index >= 15 is 0 Å². The van der Waals surface area contributed by atoms with Crippen LogP contribution in [0.15, 0.2) is 24.3 Å². The summed E-state index contributed by atoms with van der Waals surface area (Å²) in [7, 11) is 0. The minimum absolute atomic E-state index is 0.0757. The van der Waals surface area contributed by atoms with Gasteiger partial charge in [-0.1, -0.05) is 0 Å². The van der Waals surface area contributed by atoms with Crippen molar-refractivity contribution in [3.8, 4) is 0 Å². The van der Waals surface area contributed by atoms with Crippen LogP contribution in [0.4, 0.5) is 57.5 Å². The van der Waals surface area contributed by atoms with Crippen LogP contribution in [0.5, 0.6) is 0 Å². The quantitative estimate of drug-likeness (QED) is 0.0721. The molecule has 7 rings (SSSR count). The first kappa shape index (κ1) is 61.8. The number of aliphatic hydroxyl groups is 1. The summed E-state index contributed by atoms with van der Waals surface area (Å²) in [4.78, 5) is 86.5. The number of aliphatic hydroxyl groups excluding tert-OH is 1. The van der Waals surface area contributed by atoms with E-state index < -0.39 is 181 Å². The number of aromatic nitrogens is 4. The summed E-state index contributed by atoms with van der Waals surface area (Å²) in [6.07, 6.45) is -13.5. The van der Waals surface area contributed by atoms with Gasteiger partial charge in [-0.05, 0) is 84.1 Å². The zero-order valence-electron chi connectivity index (χ0n) is 43.6. The van der Waals surface area contributed by atoms with Gasteiger partial charge in [-0.3, -0.25) is 19.2 Å². The molecule has 1 saturated heterocycles. The topological polar surface area (TPSA) is 219 Å². The molecule has 438 valence electrons. The fraction of sp³-hybridized carbons (Fsp3) is 0.520. The van der Waals surface area contributed by atoms with Gasteiger partial charge in [0.2, 0.25) is 23.5 Å². The molecule has 3 N–H and O–H groups in total. The van der Waals surface area contributed by atoms with Crippen molar-refractivity contribution in [2.24, 2.45) is 5.92 Å². The summed E-state index contributed by atoms with van der Waals surface area (Å²) in [5.74, 6) is -16.8. The van der Waals surface area contributed by atoms with Gasteiger partial charge >= 0.3 is 30.4 Å². The van der Waals surface area contributed by atoms with Crippen LogP contribution in [0.2, 0.25) is 0 Å². The van der Waals surface area contributed by atoms with Crippen LogP contribution in [0.25, 0.3) is 0 Å². The number of imidazole rings is 2. The van der Waals surface area contributed by atoms with E-state index in [1.807, 2.05) is 0 Å². The lowest BCUT2D eigenvalue weighted by molar-refractivity contribution is -0.162. The number of aromatic carboxylic acids is 1. The van der Waals surface area contributed by atoms with Crippen molar-refractivity contribution >= 4 is 35.8 Å². The molecule has 0 aliphatic carbocycles. The number of esters is 1. The van der Waals surface area contributed by atoms with Crippen molar-refractivity contribution in [1.29, 1.82) is 0 Å². The number of hydrogen-bond acceptors (Lipinski definition) is 11. The Morgan fingerprint density at radius 3 is 1.51 bits per heavy atom. The van der Waals surface area contributed by atoms with E-state index in [0.29, 0.717) is 28.8 Å². The van der Waals surface area contributed by atoms with Crippen molar-refractivity contribution in [3.05, 3.63) is 105 Å². The Morgan fingerprint density at radius 2 is 1.06 bits per heavy atom. The molecule has 80 heavy (non-hydrogen) atoms. The monoisotopic (exact) mass is 1150 g/mol. The SMILES string of the molecule is CC(C)(C)OC(=O)C(CC(=O)N1CCn2c(C(F)(F)F)nc(C(=O)O)c2C1)Cc1cc(F)c(F)cc1F.CC(C)(C)OC(=O)NC(CC(=O)N1CCn2c(C(F)(F)F)nc(C(=O)N3CC[C@@H](O)C3)c2C1)Cc1cc(F)c(F)cc1F. The van der Waals surface area contributed by atoms with E-state index in [4.69, 9.17) is 9.47 Å². The number of alkyl carbamates (subject to hydrolysis) is 1. The lowest BCUT2D eigenvalue weighted by Gasteiger charge is -2.31. The van der Waals surface area contributed by atoms with Gasteiger partial charge in [0.15, 0.2) is 34.7 Å². The summed E-state index contributed by atoms with van der Waals surface area (Å²) in [6, 6.07) is 0.606. The number of rotatable bonds is 12. The number of carbonyl (C=O) groups excluding carboxylic acids is 5. The molecule has 3 atom stereocenters. The first-order valence-corrected chi connectivity index (χ1v) is 24.5. The molecule has 0 bridgehead atoms. The number of nitrogens with zero attached hydrogens (tertiary/aromatic N) is 7. The van der Waals surface area contributed by atoms with Crippen molar-refractivity contribution in [1.82, 2.24) is 39.1 Å². The lowest BCUT2D eigenvalue weighted by atomic mass is 9.94. The second-order valence-corrected chi connectivity index (χ2v) is 21.0. The van der Waals surface area contributed by atoms with Gasteiger partial charge in [-0.2, -0.15) is 26.3 Å². The summed E-state index contributed by atoms with van der Waals surface area (Å²) < 4.78 is 176. The fourth-order valence-electron chi connectivity index (χ4n) is 8.94. The summed E-state index contributed by atoms with van der Waals surface area (Å²) in [5.41, 5.74) is -4.53. The van der Waals surface area contributed by atoms with Crippen LogP contribution in [0, 0.1) is 40.8 Å². The van der Waals surface area contributed by atoms with Gasteiger partial charge in [0, 0.05) is 70.3 Å². The Hall–Kier alpha value is -7.40. The van der Waals surface area contributed by atoms with Gasteiger partial charge in [0.25, 0.3) is 5.91 Å². The number of nitrogens with one attached hydrogen (secondary N) is 1. The predicted molar refractivity (Wildman–Crippen MR) is 251 cm³/mol. The minimum Gasteiger partial charge on any atom is -0.476 e. The molecule has 3 aliphatic rings. The molecule has 2 aromatic carbocycles. The van der Waals surface area contributed by atoms with E-state index in [1.165, 1.54) is 4.90 Å². The molecule has 3 aliphatic heterocycles. The number of alkyl halides is 6. The van der Waals surface area contributed by atoms with Crippen LogP contribution < -0.4 is 5.32 Å². The van der Waals surface area contributed by atoms with Crippen LogP contribution in [0.1, 0.15) is 116 Å². The number of β-amino-alcohol motifs (C(OH)–C–C–N with tert-alkyl or cyclic N) is 1. The third kappa shape index (κ3) is 15.3. The highest BCUT2D eigenvalue weighted by Crippen LogP contribution is 2.35. The number of fused-ring (bicyclic) bond motifs is 2. The van der Waals surface area contributed by atoms with Crippen molar-refractivity contribution in [2.45, 2.75) is 136 Å². The normalized spacial score (nSPS) is 16.5. The number of amides is 4. The Kier molecular flexibility index (Phi) is 18.3. The number of ether oxygens (including phenoxy) is 2. The van der Waals surface area contributed by atoms with Gasteiger partial charge in [0.1, 0.15) is 22.8 Å². The average molecular weight is 1160 g/mol. The second-order valence-electron chi connectivity index (χ2n) is 21.0. The standard InChI is InChI=1S/C27H31F6N5O5.C23H23F6N3O5/c1-26(2,3)43-25(42)34-15(8-14-9-18(29)19(30)11-17(14)28)10-21(40)36-6-7-38-20(13-36)22(35-24(38)27(31,32)33)23(41)37-5-4-16(39)12-37;1-22(2,3)37-20(36)12(6-11-7-14(25)15(26)9-13(11)24)8-17(33)31-4-5-32-16(10-31)18(19(34)35)30-21(32)23(27,28)29/h9,11,15-16,39H,4-8,10,12-13H2,1-3H3,(H,34,42);7,9,12H,4-6,8,10H2,1-3H3,(H,34,35)/t15?,16-;/m1./s1. The van der Waals surface area contributed by atoms with Gasteiger partial charge in [-0.15, -0.1) is 0 Å². The molecule has 2 unspecified atom stereocenters. The molecule has 1 fully saturated rings. The second kappa shape index (κ2) is 23.7. The molecule has 2 aromatic heterocycles. The molecule has 30 heteroatoms. The third-order valence-electron chi connectivity index (χ3n) is 12.5.